The summed E-state index contributed by atoms with van der Waals surface area (Å²) in [6.07, 6.45) is 0. The normalized spacial score (nSPS) is 10.4. The van der Waals surface area contributed by atoms with Gasteiger partial charge >= 0.3 is 20.8 Å². The highest BCUT2D eigenvalue weighted by atomic mass is 32.3. The van der Waals surface area contributed by atoms with Crippen molar-refractivity contribution < 1.29 is 40.2 Å². The van der Waals surface area contributed by atoms with Crippen molar-refractivity contribution in [3.05, 3.63) is 30.3 Å². The fraction of sp³-hybridized carbons (Fsp3) is 0. The Kier molecular flexibility index (Phi) is 8.47. The minimum Gasteiger partial charge on any atom is -0.508 e. The molecule has 1 rings (SSSR count). The topological polar surface area (TPSA) is 169 Å². The third kappa shape index (κ3) is 52.6. The standard InChI is InChI=1S/C6H6O.2H2O4S/c7-6-4-2-1-3-5-6;2*1-5(2,3)4/h1-5,7H;2*(H2,1,2,3,4). The molecule has 0 aliphatic carbocycles. The van der Waals surface area contributed by atoms with Crippen LogP contribution in [0.3, 0.4) is 0 Å². The van der Waals surface area contributed by atoms with Crippen molar-refractivity contribution in [2.75, 3.05) is 0 Å². The smallest absolute Gasteiger partial charge is 0.394 e. The van der Waals surface area contributed by atoms with Crippen LogP contribution in [-0.2, 0) is 20.8 Å². The molecule has 0 atom stereocenters. The molecule has 9 nitrogen and oxygen atoms in total. The fourth-order valence-electron chi connectivity index (χ4n) is 0.428. The predicted molar refractivity (Wildman–Crippen MR) is 56.5 cm³/mol. The Hall–Kier alpha value is -1.24. The van der Waals surface area contributed by atoms with Gasteiger partial charge in [0.2, 0.25) is 0 Å². The van der Waals surface area contributed by atoms with E-state index in [0.717, 1.165) is 0 Å². The molecule has 11 heteroatoms. The maximum atomic E-state index is 8.74. The first-order valence-corrected chi connectivity index (χ1v) is 6.33. The summed E-state index contributed by atoms with van der Waals surface area (Å²) in [5, 5.41) is 8.63. The Balaban J connectivity index is 0. The summed E-state index contributed by atoms with van der Waals surface area (Å²) in [4.78, 5) is 0. The maximum Gasteiger partial charge on any atom is 0.394 e. The molecule has 0 amide bonds. The van der Waals surface area contributed by atoms with Crippen LogP contribution in [0, 0.1) is 0 Å². The number of phenols is 1. The Morgan fingerprint density at radius 3 is 1.06 bits per heavy atom. The molecular formula is C6H10O9S2. The quantitative estimate of drug-likeness (QED) is 0.415. The van der Waals surface area contributed by atoms with Gasteiger partial charge in [-0.1, -0.05) is 18.2 Å². The van der Waals surface area contributed by atoms with E-state index >= 15 is 0 Å². The van der Waals surface area contributed by atoms with Gasteiger partial charge in [-0.25, -0.2) is 0 Å². The van der Waals surface area contributed by atoms with Gasteiger partial charge in [0.15, 0.2) is 0 Å². The number of aromatic hydroxyl groups is 1. The minimum absolute atomic E-state index is 0.322. The maximum absolute atomic E-state index is 8.74. The van der Waals surface area contributed by atoms with Crippen molar-refractivity contribution >= 4 is 20.8 Å². The highest BCUT2D eigenvalue weighted by molar-refractivity contribution is 7.80. The van der Waals surface area contributed by atoms with Crippen molar-refractivity contribution in [3.63, 3.8) is 0 Å². The molecular weight excluding hydrogens is 280 g/mol. The van der Waals surface area contributed by atoms with E-state index in [1.807, 2.05) is 6.07 Å². The summed E-state index contributed by atoms with van der Waals surface area (Å²) >= 11 is 0. The largest absolute Gasteiger partial charge is 0.508 e. The van der Waals surface area contributed by atoms with Crippen molar-refractivity contribution in [1.29, 1.82) is 0 Å². The van der Waals surface area contributed by atoms with Gasteiger partial charge in [-0.2, -0.15) is 16.8 Å². The highest BCUT2D eigenvalue weighted by Gasteiger charge is 1.85. The lowest BCUT2D eigenvalue weighted by Crippen LogP contribution is -1.89. The Morgan fingerprint density at radius 1 is 0.706 bits per heavy atom. The Morgan fingerprint density at radius 2 is 0.941 bits per heavy atom. The molecule has 0 aromatic heterocycles. The van der Waals surface area contributed by atoms with Crippen molar-refractivity contribution in [2.45, 2.75) is 0 Å². The highest BCUT2D eigenvalue weighted by Crippen LogP contribution is 2.02. The van der Waals surface area contributed by atoms with Crippen molar-refractivity contribution in [1.82, 2.24) is 0 Å². The first kappa shape index (κ1) is 18.1. The predicted octanol–water partition coefficient (Wildman–Crippen LogP) is 0.0866. The number of phenolic OH excluding ortho intramolecular Hbond substituents is 1. The third-order valence-corrected chi connectivity index (χ3v) is 0.756. The van der Waals surface area contributed by atoms with Crippen LogP contribution < -0.4 is 0 Å². The number of benzene rings is 1. The first-order valence-electron chi connectivity index (χ1n) is 3.53. The zero-order valence-electron chi connectivity index (χ0n) is 8.07. The molecule has 0 radical (unpaired) electrons. The lowest BCUT2D eigenvalue weighted by molar-refractivity contribution is 0.378. The molecule has 0 fully saturated rings. The van der Waals surface area contributed by atoms with E-state index in [9.17, 15) is 0 Å². The van der Waals surface area contributed by atoms with Gasteiger partial charge in [0.1, 0.15) is 5.75 Å². The van der Waals surface area contributed by atoms with Crippen LogP contribution in [-0.4, -0.2) is 40.2 Å². The molecule has 1 aromatic carbocycles. The second-order valence-electron chi connectivity index (χ2n) is 2.23. The summed E-state index contributed by atoms with van der Waals surface area (Å²) in [5.74, 6) is 0.322. The van der Waals surface area contributed by atoms with E-state index < -0.39 is 20.8 Å². The van der Waals surface area contributed by atoms with Gasteiger partial charge in [0, 0.05) is 0 Å². The molecule has 100 valence electrons. The van der Waals surface area contributed by atoms with Gasteiger partial charge in [-0.15, -0.1) is 0 Å². The second-order valence-corrected chi connectivity index (χ2v) is 4.02. The Bertz CT molecular complexity index is 444. The van der Waals surface area contributed by atoms with E-state index in [-0.39, 0.29) is 0 Å². The molecule has 0 aliphatic heterocycles. The zero-order chi connectivity index (χ0) is 14.1. The van der Waals surface area contributed by atoms with Gasteiger partial charge in [0.05, 0.1) is 0 Å². The molecule has 1 aromatic rings. The molecule has 0 saturated carbocycles. The molecule has 0 unspecified atom stereocenters. The molecule has 0 saturated heterocycles. The van der Waals surface area contributed by atoms with Crippen LogP contribution >= 0.6 is 0 Å². The van der Waals surface area contributed by atoms with Crippen LogP contribution in [0.1, 0.15) is 0 Å². The third-order valence-electron chi connectivity index (χ3n) is 0.756. The molecule has 17 heavy (non-hydrogen) atoms. The number of para-hydroxylation sites is 1. The lowest BCUT2D eigenvalue weighted by atomic mass is 10.3. The van der Waals surface area contributed by atoms with E-state index in [0.29, 0.717) is 5.75 Å². The van der Waals surface area contributed by atoms with E-state index in [4.69, 9.17) is 40.2 Å². The van der Waals surface area contributed by atoms with Crippen LogP contribution in [0.4, 0.5) is 0 Å². The SMILES string of the molecule is O=S(=O)(O)O.O=S(=O)(O)O.Oc1ccccc1. The summed E-state index contributed by atoms with van der Waals surface area (Å²) in [5.41, 5.74) is 0. The average molecular weight is 290 g/mol. The first-order chi connectivity index (χ1) is 7.39. The summed E-state index contributed by atoms with van der Waals surface area (Å²) in [6, 6.07) is 8.71. The summed E-state index contributed by atoms with van der Waals surface area (Å²) in [7, 11) is -9.33. The van der Waals surface area contributed by atoms with E-state index in [1.165, 1.54) is 0 Å². The summed E-state index contributed by atoms with van der Waals surface area (Å²) in [6.45, 7) is 0. The van der Waals surface area contributed by atoms with Gasteiger partial charge in [0.25, 0.3) is 0 Å². The van der Waals surface area contributed by atoms with Crippen LogP contribution in [0.2, 0.25) is 0 Å². The van der Waals surface area contributed by atoms with Crippen LogP contribution in [0.15, 0.2) is 30.3 Å². The second kappa shape index (κ2) is 7.94. The number of hydrogen-bond donors (Lipinski definition) is 5. The molecule has 5 N–H and O–H groups in total. The van der Waals surface area contributed by atoms with Gasteiger partial charge in [-0.3, -0.25) is 18.2 Å². The summed E-state index contributed by atoms with van der Waals surface area (Å²) < 4.78 is 63.2. The lowest BCUT2D eigenvalue weighted by Gasteiger charge is -1.82. The van der Waals surface area contributed by atoms with Crippen molar-refractivity contribution in [3.8, 4) is 5.75 Å². The molecule has 0 heterocycles. The molecule has 0 spiro atoms. The van der Waals surface area contributed by atoms with Gasteiger partial charge in [-0.05, 0) is 12.1 Å². The number of hydrogen-bond acceptors (Lipinski definition) is 5. The molecule has 0 bridgehead atoms. The van der Waals surface area contributed by atoms with E-state index in [1.54, 1.807) is 24.3 Å². The monoisotopic (exact) mass is 290 g/mol. The average Bonchev–Trinajstić information content (AvgIpc) is 1.98. The Labute approximate surface area is 97.5 Å². The minimum atomic E-state index is -4.67. The molecule has 0 aliphatic rings. The van der Waals surface area contributed by atoms with E-state index in [2.05, 4.69) is 0 Å². The van der Waals surface area contributed by atoms with Crippen LogP contribution in [0.25, 0.3) is 0 Å². The number of rotatable bonds is 0. The van der Waals surface area contributed by atoms with Crippen molar-refractivity contribution in [2.24, 2.45) is 0 Å². The zero-order valence-corrected chi connectivity index (χ0v) is 9.71. The fourth-order valence-corrected chi connectivity index (χ4v) is 0.428. The van der Waals surface area contributed by atoms with Crippen LogP contribution in [0.5, 0.6) is 5.75 Å². The van der Waals surface area contributed by atoms with Gasteiger partial charge < -0.3 is 5.11 Å².